The summed E-state index contributed by atoms with van der Waals surface area (Å²) in [5.74, 6) is 2.60. The molecule has 0 radical (unpaired) electrons. The van der Waals surface area contributed by atoms with Crippen molar-refractivity contribution in [1.29, 1.82) is 0 Å². The second-order valence-corrected chi connectivity index (χ2v) is 4.97. The number of nitrogens with one attached hydrogen (secondary N) is 2. The van der Waals surface area contributed by atoms with Gasteiger partial charge in [-0.15, -0.1) is 0 Å². The van der Waals surface area contributed by atoms with Gasteiger partial charge in [0, 0.05) is 24.7 Å². The molecule has 1 aromatic heterocycles. The quantitative estimate of drug-likeness (QED) is 0.760. The minimum Gasteiger partial charge on any atom is -0.370 e. The SMILES string of the molecule is CCNc1cc(NC2CCC(N)CC2)nc(C)n1. The molecule has 1 heterocycles. The molecule has 0 spiro atoms. The predicted octanol–water partition coefficient (Wildman–Crippen LogP) is 1.90. The first-order chi connectivity index (χ1) is 8.67. The molecule has 1 fully saturated rings. The lowest BCUT2D eigenvalue weighted by molar-refractivity contribution is 0.410. The Morgan fingerprint density at radius 1 is 1.22 bits per heavy atom. The highest BCUT2D eigenvalue weighted by Gasteiger charge is 2.18. The van der Waals surface area contributed by atoms with E-state index in [2.05, 4.69) is 27.5 Å². The Morgan fingerprint density at radius 3 is 2.56 bits per heavy atom. The summed E-state index contributed by atoms with van der Waals surface area (Å²) in [6.07, 6.45) is 4.45. The van der Waals surface area contributed by atoms with E-state index in [4.69, 9.17) is 5.73 Å². The van der Waals surface area contributed by atoms with Crippen molar-refractivity contribution in [1.82, 2.24) is 9.97 Å². The van der Waals surface area contributed by atoms with Gasteiger partial charge in [-0.3, -0.25) is 0 Å². The van der Waals surface area contributed by atoms with Gasteiger partial charge in [0.1, 0.15) is 17.5 Å². The Labute approximate surface area is 109 Å². The fourth-order valence-corrected chi connectivity index (χ4v) is 2.39. The highest BCUT2D eigenvalue weighted by molar-refractivity contribution is 5.48. The van der Waals surface area contributed by atoms with E-state index in [1.54, 1.807) is 0 Å². The topological polar surface area (TPSA) is 75.9 Å². The summed E-state index contributed by atoms with van der Waals surface area (Å²) in [4.78, 5) is 8.78. The molecular formula is C13H23N5. The third-order valence-electron chi connectivity index (χ3n) is 3.32. The molecule has 5 heteroatoms. The van der Waals surface area contributed by atoms with Crippen molar-refractivity contribution in [2.24, 2.45) is 5.73 Å². The van der Waals surface area contributed by atoms with E-state index in [0.29, 0.717) is 12.1 Å². The average Bonchev–Trinajstić information content (AvgIpc) is 2.32. The lowest BCUT2D eigenvalue weighted by Gasteiger charge is -2.27. The number of hydrogen-bond donors (Lipinski definition) is 3. The van der Waals surface area contributed by atoms with Crippen molar-refractivity contribution >= 4 is 11.6 Å². The van der Waals surface area contributed by atoms with Crippen LogP contribution in [0.2, 0.25) is 0 Å². The summed E-state index contributed by atoms with van der Waals surface area (Å²) >= 11 is 0. The van der Waals surface area contributed by atoms with Gasteiger partial charge in [0.15, 0.2) is 0 Å². The predicted molar refractivity (Wildman–Crippen MR) is 74.8 cm³/mol. The smallest absolute Gasteiger partial charge is 0.132 e. The molecule has 0 aromatic carbocycles. The number of aromatic nitrogens is 2. The maximum atomic E-state index is 5.91. The van der Waals surface area contributed by atoms with Gasteiger partial charge in [-0.25, -0.2) is 9.97 Å². The molecule has 1 aliphatic carbocycles. The van der Waals surface area contributed by atoms with Gasteiger partial charge in [-0.1, -0.05) is 0 Å². The third-order valence-corrected chi connectivity index (χ3v) is 3.32. The van der Waals surface area contributed by atoms with Crippen molar-refractivity contribution < 1.29 is 0 Å². The van der Waals surface area contributed by atoms with E-state index in [-0.39, 0.29) is 0 Å². The minimum atomic E-state index is 0.382. The summed E-state index contributed by atoms with van der Waals surface area (Å²) in [5.41, 5.74) is 5.91. The summed E-state index contributed by atoms with van der Waals surface area (Å²) in [6.45, 7) is 4.85. The molecule has 0 atom stereocenters. The number of aryl methyl sites for hydroxylation is 1. The summed E-state index contributed by atoms with van der Waals surface area (Å²) in [6, 6.07) is 2.85. The summed E-state index contributed by atoms with van der Waals surface area (Å²) < 4.78 is 0. The van der Waals surface area contributed by atoms with Crippen molar-refractivity contribution in [2.45, 2.75) is 51.6 Å². The Morgan fingerprint density at radius 2 is 1.89 bits per heavy atom. The number of nitrogens with two attached hydrogens (primary N) is 1. The van der Waals surface area contributed by atoms with Crippen LogP contribution in [-0.4, -0.2) is 28.6 Å². The van der Waals surface area contributed by atoms with Crippen LogP contribution in [0.5, 0.6) is 0 Å². The molecule has 2 rings (SSSR count). The van der Waals surface area contributed by atoms with Crippen molar-refractivity contribution in [3.05, 3.63) is 11.9 Å². The third kappa shape index (κ3) is 3.57. The first kappa shape index (κ1) is 13.1. The summed E-state index contributed by atoms with van der Waals surface area (Å²) in [7, 11) is 0. The van der Waals surface area contributed by atoms with E-state index < -0.39 is 0 Å². The van der Waals surface area contributed by atoms with Gasteiger partial charge in [-0.05, 0) is 39.5 Å². The maximum Gasteiger partial charge on any atom is 0.132 e. The number of nitrogens with zero attached hydrogens (tertiary/aromatic N) is 2. The summed E-state index contributed by atoms with van der Waals surface area (Å²) in [5, 5.41) is 6.72. The molecule has 0 aliphatic heterocycles. The molecule has 0 amide bonds. The zero-order valence-electron chi connectivity index (χ0n) is 11.2. The van der Waals surface area contributed by atoms with Gasteiger partial charge >= 0.3 is 0 Å². The molecular weight excluding hydrogens is 226 g/mol. The van der Waals surface area contributed by atoms with Crippen LogP contribution in [0, 0.1) is 6.92 Å². The normalized spacial score (nSPS) is 23.7. The zero-order chi connectivity index (χ0) is 13.0. The van der Waals surface area contributed by atoms with Gasteiger partial charge in [0.25, 0.3) is 0 Å². The Hall–Kier alpha value is -1.36. The van der Waals surface area contributed by atoms with Gasteiger partial charge < -0.3 is 16.4 Å². The van der Waals surface area contributed by atoms with Crippen LogP contribution >= 0.6 is 0 Å². The average molecular weight is 249 g/mol. The second kappa shape index (κ2) is 6.00. The lowest BCUT2D eigenvalue weighted by Crippen LogP contribution is -2.33. The molecule has 0 unspecified atom stereocenters. The van der Waals surface area contributed by atoms with Crippen LogP contribution in [0.15, 0.2) is 6.07 Å². The molecule has 18 heavy (non-hydrogen) atoms. The van der Waals surface area contributed by atoms with E-state index in [9.17, 15) is 0 Å². The monoisotopic (exact) mass is 249 g/mol. The van der Waals surface area contributed by atoms with Gasteiger partial charge in [0.05, 0.1) is 0 Å². The van der Waals surface area contributed by atoms with Crippen LogP contribution in [0.1, 0.15) is 38.4 Å². The number of rotatable bonds is 4. The Balaban J connectivity index is 2.00. The highest BCUT2D eigenvalue weighted by atomic mass is 15.1. The van der Waals surface area contributed by atoms with Gasteiger partial charge in [0.2, 0.25) is 0 Å². The first-order valence-electron chi connectivity index (χ1n) is 6.79. The van der Waals surface area contributed by atoms with Crippen LogP contribution in [-0.2, 0) is 0 Å². The van der Waals surface area contributed by atoms with E-state index in [1.165, 1.54) is 0 Å². The first-order valence-corrected chi connectivity index (χ1v) is 6.79. The molecule has 1 aromatic rings. The molecule has 1 aliphatic rings. The Bertz CT molecular complexity index is 385. The van der Waals surface area contributed by atoms with Crippen LogP contribution in [0.4, 0.5) is 11.6 Å². The van der Waals surface area contributed by atoms with E-state index in [1.807, 2.05) is 13.0 Å². The lowest BCUT2D eigenvalue weighted by atomic mass is 9.92. The second-order valence-electron chi connectivity index (χ2n) is 4.97. The van der Waals surface area contributed by atoms with Crippen LogP contribution in [0.25, 0.3) is 0 Å². The molecule has 0 bridgehead atoms. The zero-order valence-corrected chi connectivity index (χ0v) is 11.2. The minimum absolute atomic E-state index is 0.382. The van der Waals surface area contributed by atoms with Crippen molar-refractivity contribution in [2.75, 3.05) is 17.2 Å². The molecule has 5 nitrogen and oxygen atoms in total. The standard InChI is InChI=1S/C13H23N5/c1-3-15-12-8-13(17-9(2)16-12)18-11-6-4-10(14)5-7-11/h8,10-11H,3-7,14H2,1-2H3,(H2,15,16,17,18). The largest absolute Gasteiger partial charge is 0.370 e. The van der Waals surface area contributed by atoms with E-state index in [0.717, 1.165) is 49.7 Å². The molecule has 4 N–H and O–H groups in total. The van der Waals surface area contributed by atoms with Crippen molar-refractivity contribution in [3.63, 3.8) is 0 Å². The highest BCUT2D eigenvalue weighted by Crippen LogP contribution is 2.21. The van der Waals surface area contributed by atoms with E-state index >= 15 is 0 Å². The fourth-order valence-electron chi connectivity index (χ4n) is 2.39. The van der Waals surface area contributed by atoms with Crippen LogP contribution < -0.4 is 16.4 Å². The Kier molecular flexibility index (Phi) is 4.36. The fraction of sp³-hybridized carbons (Fsp3) is 0.692. The molecule has 100 valence electrons. The molecule has 0 saturated heterocycles. The number of hydrogen-bond acceptors (Lipinski definition) is 5. The van der Waals surface area contributed by atoms with Crippen LogP contribution in [0.3, 0.4) is 0 Å². The number of anilines is 2. The molecule has 1 saturated carbocycles. The maximum absolute atomic E-state index is 5.91. The van der Waals surface area contributed by atoms with Gasteiger partial charge in [-0.2, -0.15) is 0 Å². The van der Waals surface area contributed by atoms with Crippen molar-refractivity contribution in [3.8, 4) is 0 Å².